The number of esters is 2. The third kappa shape index (κ3) is 4.32. The molecule has 0 saturated heterocycles. The normalized spacial score (nSPS) is 21.8. The molecule has 1 aromatic rings. The van der Waals surface area contributed by atoms with Crippen molar-refractivity contribution in [2.24, 2.45) is 5.92 Å². The largest absolute Gasteiger partial charge is 0.463 e. The number of amides is 2. The van der Waals surface area contributed by atoms with Crippen molar-refractivity contribution in [2.75, 3.05) is 13.2 Å². The molecule has 1 aliphatic carbocycles. The number of carbonyl (C=O) groups is 3. The summed E-state index contributed by atoms with van der Waals surface area (Å²) in [5, 5.41) is 5.16. The molecule has 0 fully saturated rings. The topological polar surface area (TPSA) is 93.7 Å². The van der Waals surface area contributed by atoms with E-state index in [0.717, 1.165) is 19.3 Å². The first kappa shape index (κ1) is 19.4. The number of hydrogen-bond acceptors (Lipinski definition) is 6. The van der Waals surface area contributed by atoms with Crippen LogP contribution in [0.4, 0.5) is 4.79 Å². The summed E-state index contributed by atoms with van der Waals surface area (Å²) in [7, 11) is 0. The van der Waals surface area contributed by atoms with Gasteiger partial charge >= 0.3 is 18.0 Å². The van der Waals surface area contributed by atoms with Crippen molar-refractivity contribution in [3.63, 3.8) is 0 Å². The van der Waals surface area contributed by atoms with E-state index in [1.54, 1.807) is 13.8 Å². The van der Waals surface area contributed by atoms with Crippen molar-refractivity contribution in [2.45, 2.75) is 46.1 Å². The molecule has 7 nitrogen and oxygen atoms in total. The highest BCUT2D eigenvalue weighted by Crippen LogP contribution is 2.32. The van der Waals surface area contributed by atoms with E-state index in [4.69, 9.17) is 9.47 Å². The van der Waals surface area contributed by atoms with Crippen LogP contribution in [0, 0.1) is 5.92 Å². The Morgan fingerprint density at radius 2 is 2.04 bits per heavy atom. The highest BCUT2D eigenvalue weighted by molar-refractivity contribution is 7.14. The molecule has 1 aliphatic heterocycles. The molecule has 0 radical (unpaired) electrons. The van der Waals surface area contributed by atoms with Gasteiger partial charge in [0.15, 0.2) is 0 Å². The highest BCUT2D eigenvalue weighted by Gasteiger charge is 2.30. The van der Waals surface area contributed by atoms with Crippen molar-refractivity contribution in [3.05, 3.63) is 32.7 Å². The lowest BCUT2D eigenvalue weighted by molar-refractivity contribution is -0.139. The van der Waals surface area contributed by atoms with E-state index in [9.17, 15) is 14.4 Å². The van der Waals surface area contributed by atoms with E-state index < -0.39 is 24.0 Å². The van der Waals surface area contributed by atoms with Crippen LogP contribution in [-0.2, 0) is 27.1 Å². The summed E-state index contributed by atoms with van der Waals surface area (Å²) in [6.07, 6.45) is 3.11. The minimum absolute atomic E-state index is 0.191. The molecule has 2 amide bonds. The summed E-state index contributed by atoms with van der Waals surface area (Å²) in [5.41, 5.74) is 1.75. The summed E-state index contributed by atoms with van der Waals surface area (Å²) in [5.74, 6) is -0.359. The number of rotatable bonds is 5. The molecule has 0 spiro atoms. The number of fused-ring (bicyclic) bond motifs is 1. The zero-order valence-corrected chi connectivity index (χ0v) is 16.5. The number of nitrogens with one attached hydrogen (secondary N) is 2. The van der Waals surface area contributed by atoms with Gasteiger partial charge in [0, 0.05) is 4.88 Å². The molecule has 8 heteroatoms. The van der Waals surface area contributed by atoms with Crippen molar-refractivity contribution >= 4 is 29.3 Å². The van der Waals surface area contributed by atoms with Gasteiger partial charge in [-0.3, -0.25) is 0 Å². The lowest BCUT2D eigenvalue weighted by Gasteiger charge is -2.26. The number of thiophene rings is 1. The Kier molecular flexibility index (Phi) is 5.84. The Hall–Kier alpha value is -2.35. The summed E-state index contributed by atoms with van der Waals surface area (Å²) in [6.45, 7) is 5.63. The number of urea groups is 1. The minimum atomic E-state index is -0.538. The maximum Gasteiger partial charge on any atom is 0.348 e. The van der Waals surface area contributed by atoms with Crippen LogP contribution >= 0.6 is 11.3 Å². The van der Waals surface area contributed by atoms with Gasteiger partial charge in [-0.25, -0.2) is 14.4 Å². The SMILES string of the molecule is CCOC(=O)C1=C(COC(=O)c2cc3c(s2)CC[C@H](C)C3)NC(=O)N[C@@H]1C. The molecule has 3 rings (SSSR count). The molecule has 0 aromatic carbocycles. The molecule has 0 bridgehead atoms. The second kappa shape index (κ2) is 8.12. The van der Waals surface area contributed by atoms with Gasteiger partial charge in [-0.05, 0) is 50.7 Å². The van der Waals surface area contributed by atoms with Gasteiger partial charge in [-0.1, -0.05) is 6.92 Å². The standard InChI is InChI=1S/C19H24N2O5S/c1-4-25-18(23)16-11(3)20-19(24)21-13(16)9-26-17(22)15-8-12-7-10(2)5-6-14(12)27-15/h8,10-11H,4-7,9H2,1-3H3,(H2,20,21,24)/t10-,11+/m0/s1. The smallest absolute Gasteiger partial charge is 0.348 e. The quantitative estimate of drug-likeness (QED) is 0.751. The van der Waals surface area contributed by atoms with Crippen molar-refractivity contribution in [3.8, 4) is 0 Å². The van der Waals surface area contributed by atoms with Crippen LogP contribution in [0.2, 0.25) is 0 Å². The minimum Gasteiger partial charge on any atom is -0.463 e. The van der Waals surface area contributed by atoms with Crippen molar-refractivity contribution in [1.29, 1.82) is 0 Å². The fourth-order valence-corrected chi connectivity index (χ4v) is 4.51. The fourth-order valence-electron chi connectivity index (χ4n) is 3.41. The van der Waals surface area contributed by atoms with E-state index >= 15 is 0 Å². The van der Waals surface area contributed by atoms with Gasteiger partial charge < -0.3 is 20.1 Å². The van der Waals surface area contributed by atoms with Crippen LogP contribution in [0.25, 0.3) is 0 Å². The van der Waals surface area contributed by atoms with Crippen LogP contribution in [0.15, 0.2) is 17.3 Å². The number of hydrogen-bond donors (Lipinski definition) is 2. The zero-order valence-electron chi connectivity index (χ0n) is 15.7. The zero-order chi connectivity index (χ0) is 19.6. The van der Waals surface area contributed by atoms with E-state index in [-0.39, 0.29) is 24.5 Å². The number of carbonyl (C=O) groups excluding carboxylic acids is 3. The van der Waals surface area contributed by atoms with Gasteiger partial charge in [0.05, 0.1) is 23.9 Å². The number of ether oxygens (including phenoxy) is 2. The lowest BCUT2D eigenvalue weighted by Crippen LogP contribution is -2.50. The van der Waals surface area contributed by atoms with Crippen LogP contribution in [0.5, 0.6) is 0 Å². The van der Waals surface area contributed by atoms with Crippen LogP contribution in [-0.4, -0.2) is 37.2 Å². The van der Waals surface area contributed by atoms with Crippen LogP contribution < -0.4 is 10.6 Å². The Balaban J connectivity index is 1.73. The van der Waals surface area contributed by atoms with Gasteiger partial charge in [0.1, 0.15) is 11.5 Å². The Morgan fingerprint density at radius 1 is 1.26 bits per heavy atom. The predicted octanol–water partition coefficient (Wildman–Crippen LogP) is 2.55. The van der Waals surface area contributed by atoms with Crippen LogP contribution in [0.1, 0.15) is 47.3 Å². The van der Waals surface area contributed by atoms with Gasteiger partial charge in [-0.15, -0.1) is 11.3 Å². The molecule has 2 atom stereocenters. The fraction of sp³-hybridized carbons (Fsp3) is 0.526. The first-order chi connectivity index (χ1) is 12.9. The molecular formula is C19H24N2O5S. The maximum absolute atomic E-state index is 12.5. The lowest BCUT2D eigenvalue weighted by atomic mass is 9.90. The first-order valence-electron chi connectivity index (χ1n) is 9.15. The van der Waals surface area contributed by atoms with Gasteiger partial charge in [-0.2, -0.15) is 0 Å². The van der Waals surface area contributed by atoms with E-state index in [1.165, 1.54) is 21.8 Å². The third-order valence-corrected chi connectivity index (χ3v) is 5.96. The average molecular weight is 392 g/mol. The highest BCUT2D eigenvalue weighted by atomic mass is 32.1. The molecule has 2 heterocycles. The second-order valence-electron chi connectivity index (χ2n) is 6.92. The molecule has 0 saturated carbocycles. The van der Waals surface area contributed by atoms with Crippen molar-refractivity contribution < 1.29 is 23.9 Å². The monoisotopic (exact) mass is 392 g/mol. The summed E-state index contributed by atoms with van der Waals surface area (Å²) in [4.78, 5) is 38.2. The van der Waals surface area contributed by atoms with Crippen molar-refractivity contribution in [1.82, 2.24) is 10.6 Å². The molecular weight excluding hydrogens is 368 g/mol. The third-order valence-electron chi connectivity index (χ3n) is 4.74. The molecule has 2 aliphatic rings. The molecule has 27 heavy (non-hydrogen) atoms. The molecule has 1 aromatic heterocycles. The predicted molar refractivity (Wildman–Crippen MR) is 101 cm³/mol. The summed E-state index contributed by atoms with van der Waals surface area (Å²) < 4.78 is 10.4. The van der Waals surface area contributed by atoms with E-state index in [2.05, 4.69) is 17.6 Å². The Labute approximate surface area is 162 Å². The first-order valence-corrected chi connectivity index (χ1v) is 9.97. The molecule has 0 unspecified atom stereocenters. The molecule has 146 valence electrons. The Bertz CT molecular complexity index is 798. The number of aryl methyl sites for hydroxylation is 1. The summed E-state index contributed by atoms with van der Waals surface area (Å²) in [6, 6.07) is 0.937. The Morgan fingerprint density at radius 3 is 2.78 bits per heavy atom. The molecule has 2 N–H and O–H groups in total. The average Bonchev–Trinajstić information content (AvgIpc) is 3.02. The second-order valence-corrected chi connectivity index (χ2v) is 8.05. The maximum atomic E-state index is 12.5. The van der Waals surface area contributed by atoms with Gasteiger partial charge in [0.2, 0.25) is 0 Å². The van der Waals surface area contributed by atoms with E-state index in [1.807, 2.05) is 6.07 Å². The summed E-state index contributed by atoms with van der Waals surface area (Å²) >= 11 is 1.47. The van der Waals surface area contributed by atoms with Crippen LogP contribution in [0.3, 0.4) is 0 Å². The van der Waals surface area contributed by atoms with E-state index in [0.29, 0.717) is 10.8 Å². The van der Waals surface area contributed by atoms with Gasteiger partial charge in [0.25, 0.3) is 0 Å².